The molecule has 0 radical (unpaired) electrons. The molecular weight excluding hydrogens is 298 g/mol. The van der Waals surface area contributed by atoms with Crippen molar-refractivity contribution >= 4 is 23.5 Å². The van der Waals surface area contributed by atoms with Gasteiger partial charge in [0.25, 0.3) is 11.1 Å². The van der Waals surface area contributed by atoms with Gasteiger partial charge in [0.1, 0.15) is 5.82 Å². The zero-order chi connectivity index (χ0) is 15.4. The number of hydrogen-bond donors (Lipinski definition) is 4. The molecule has 0 aliphatic carbocycles. The summed E-state index contributed by atoms with van der Waals surface area (Å²) in [5.74, 6) is -0.494. The van der Waals surface area contributed by atoms with Crippen molar-refractivity contribution in [3.63, 3.8) is 0 Å². The second-order valence-electron chi connectivity index (χ2n) is 4.03. The van der Waals surface area contributed by atoms with E-state index < -0.39 is 17.2 Å². The maximum Gasteiger partial charge on any atom is 0.327 e. The lowest BCUT2D eigenvalue weighted by Crippen LogP contribution is -2.25. The zero-order valence-electron chi connectivity index (χ0n) is 10.9. The van der Waals surface area contributed by atoms with Crippen LogP contribution in [0.5, 0.6) is 0 Å². The van der Waals surface area contributed by atoms with Crippen molar-refractivity contribution in [2.24, 2.45) is 0 Å². The maximum atomic E-state index is 11.7. The standard InChI is InChI=1S/C11H11N5O4S/c1-5-2-7(17)16-11(12-5)21-4-9(19)13-6-3-8(18)15-10(20)14-6/h2-3H,4H2,1H3,(H,12,16,17)(H3,13,14,15,18,19,20). The molecule has 0 saturated carbocycles. The zero-order valence-corrected chi connectivity index (χ0v) is 11.7. The fourth-order valence-corrected chi connectivity index (χ4v) is 2.20. The normalized spacial score (nSPS) is 10.3. The molecule has 10 heteroatoms. The molecule has 4 N–H and O–H groups in total. The maximum absolute atomic E-state index is 11.7. The minimum atomic E-state index is -0.713. The number of amides is 1. The number of anilines is 1. The Morgan fingerprint density at radius 3 is 2.57 bits per heavy atom. The van der Waals surface area contributed by atoms with Gasteiger partial charge < -0.3 is 10.3 Å². The average Bonchev–Trinajstić information content (AvgIpc) is 2.34. The Morgan fingerprint density at radius 2 is 1.90 bits per heavy atom. The van der Waals surface area contributed by atoms with Crippen molar-refractivity contribution in [1.82, 2.24) is 19.9 Å². The third-order valence-electron chi connectivity index (χ3n) is 2.22. The van der Waals surface area contributed by atoms with E-state index in [1.807, 2.05) is 4.98 Å². The van der Waals surface area contributed by atoms with E-state index in [0.29, 0.717) is 10.9 Å². The highest BCUT2D eigenvalue weighted by Crippen LogP contribution is 2.11. The van der Waals surface area contributed by atoms with E-state index in [9.17, 15) is 19.2 Å². The molecule has 2 aromatic rings. The van der Waals surface area contributed by atoms with E-state index in [0.717, 1.165) is 17.8 Å². The number of thioether (sulfide) groups is 1. The SMILES string of the molecule is Cc1cc(=O)[nH]c(SCC(=O)Nc2cc(=O)[nH]c(=O)[nH]2)n1. The van der Waals surface area contributed by atoms with Crippen molar-refractivity contribution in [1.29, 1.82) is 0 Å². The van der Waals surface area contributed by atoms with Crippen LogP contribution in [0.1, 0.15) is 5.69 Å². The number of carbonyl (C=O) groups excluding carboxylic acids is 1. The summed E-state index contributed by atoms with van der Waals surface area (Å²) < 4.78 is 0. The van der Waals surface area contributed by atoms with Crippen molar-refractivity contribution in [2.75, 3.05) is 11.1 Å². The van der Waals surface area contributed by atoms with Gasteiger partial charge in [0.15, 0.2) is 5.16 Å². The first-order valence-corrected chi connectivity index (χ1v) is 6.75. The molecular formula is C11H11N5O4S. The van der Waals surface area contributed by atoms with Crippen LogP contribution in [0.2, 0.25) is 0 Å². The van der Waals surface area contributed by atoms with Crippen LogP contribution in [0.15, 0.2) is 31.7 Å². The number of carbonyl (C=O) groups is 1. The fourth-order valence-electron chi connectivity index (χ4n) is 1.48. The van der Waals surface area contributed by atoms with Crippen LogP contribution in [0.3, 0.4) is 0 Å². The number of H-pyrrole nitrogens is 3. The van der Waals surface area contributed by atoms with Gasteiger partial charge in [-0.05, 0) is 6.92 Å². The third-order valence-corrected chi connectivity index (χ3v) is 3.10. The lowest BCUT2D eigenvalue weighted by Gasteiger charge is -2.04. The van der Waals surface area contributed by atoms with E-state index in [-0.39, 0.29) is 17.1 Å². The van der Waals surface area contributed by atoms with Gasteiger partial charge in [0.2, 0.25) is 5.91 Å². The first-order chi connectivity index (χ1) is 9.92. The lowest BCUT2D eigenvalue weighted by molar-refractivity contribution is -0.113. The highest BCUT2D eigenvalue weighted by Gasteiger charge is 2.07. The van der Waals surface area contributed by atoms with Gasteiger partial charge >= 0.3 is 5.69 Å². The number of aromatic nitrogens is 4. The van der Waals surface area contributed by atoms with E-state index >= 15 is 0 Å². The Bertz CT molecular complexity index is 809. The van der Waals surface area contributed by atoms with Gasteiger partial charge in [-0.25, -0.2) is 9.78 Å². The van der Waals surface area contributed by atoms with Crippen LogP contribution in [0.4, 0.5) is 5.82 Å². The molecule has 0 atom stereocenters. The summed E-state index contributed by atoms with van der Waals surface area (Å²) in [4.78, 5) is 55.8. The van der Waals surface area contributed by atoms with E-state index in [2.05, 4.69) is 20.3 Å². The van der Waals surface area contributed by atoms with Gasteiger partial charge in [-0.2, -0.15) is 0 Å². The molecule has 0 aromatic carbocycles. The monoisotopic (exact) mass is 309 g/mol. The Kier molecular flexibility index (Phi) is 4.38. The largest absolute Gasteiger partial charge is 0.327 e. The van der Waals surface area contributed by atoms with Gasteiger partial charge in [-0.1, -0.05) is 11.8 Å². The van der Waals surface area contributed by atoms with Crippen LogP contribution >= 0.6 is 11.8 Å². The smallest absolute Gasteiger partial charge is 0.311 e. The van der Waals surface area contributed by atoms with E-state index in [4.69, 9.17) is 0 Å². The van der Waals surface area contributed by atoms with Crippen molar-refractivity contribution in [3.05, 3.63) is 49.0 Å². The predicted molar refractivity (Wildman–Crippen MR) is 76.6 cm³/mol. The Morgan fingerprint density at radius 1 is 1.19 bits per heavy atom. The quantitative estimate of drug-likeness (QED) is 0.430. The summed E-state index contributed by atoms with van der Waals surface area (Å²) in [6.07, 6.45) is 0. The van der Waals surface area contributed by atoms with E-state index in [1.54, 1.807) is 6.92 Å². The van der Waals surface area contributed by atoms with E-state index in [1.165, 1.54) is 6.07 Å². The van der Waals surface area contributed by atoms with Gasteiger partial charge in [-0.3, -0.25) is 24.4 Å². The summed E-state index contributed by atoms with van der Waals surface area (Å²) in [7, 11) is 0. The van der Waals surface area contributed by atoms with Crippen LogP contribution in [0, 0.1) is 6.92 Å². The summed E-state index contributed by atoms with van der Waals surface area (Å²) in [6.45, 7) is 1.67. The first kappa shape index (κ1) is 14.8. The summed E-state index contributed by atoms with van der Waals surface area (Å²) in [6, 6.07) is 2.39. The van der Waals surface area contributed by atoms with Crippen LogP contribution in [-0.2, 0) is 4.79 Å². The molecule has 110 valence electrons. The molecule has 0 saturated heterocycles. The molecule has 0 spiro atoms. The molecule has 21 heavy (non-hydrogen) atoms. The van der Waals surface area contributed by atoms with Crippen LogP contribution < -0.4 is 22.1 Å². The van der Waals surface area contributed by atoms with Crippen molar-refractivity contribution in [3.8, 4) is 0 Å². The first-order valence-electron chi connectivity index (χ1n) is 5.76. The number of rotatable bonds is 4. The van der Waals surface area contributed by atoms with Crippen LogP contribution in [-0.4, -0.2) is 31.6 Å². The van der Waals surface area contributed by atoms with Crippen molar-refractivity contribution < 1.29 is 4.79 Å². The number of nitrogens with zero attached hydrogens (tertiary/aromatic N) is 1. The predicted octanol–water partition coefficient (Wildman–Crippen LogP) is -0.814. The number of hydrogen-bond acceptors (Lipinski definition) is 6. The molecule has 1 amide bonds. The van der Waals surface area contributed by atoms with Gasteiger partial charge in [0.05, 0.1) is 5.75 Å². The fraction of sp³-hybridized carbons (Fsp3) is 0.182. The number of aromatic amines is 3. The van der Waals surface area contributed by atoms with Crippen LogP contribution in [0.25, 0.3) is 0 Å². The molecule has 0 fully saturated rings. The van der Waals surface area contributed by atoms with Crippen molar-refractivity contribution in [2.45, 2.75) is 12.1 Å². The summed E-state index contributed by atoms with van der Waals surface area (Å²) in [5, 5.41) is 2.68. The number of aryl methyl sites for hydroxylation is 1. The highest BCUT2D eigenvalue weighted by atomic mass is 32.2. The molecule has 0 bridgehead atoms. The molecule has 0 unspecified atom stereocenters. The molecule has 0 aliphatic rings. The molecule has 2 heterocycles. The molecule has 0 aliphatic heterocycles. The molecule has 9 nitrogen and oxygen atoms in total. The Labute approximate surface area is 121 Å². The summed E-state index contributed by atoms with van der Waals surface area (Å²) >= 11 is 1.03. The average molecular weight is 309 g/mol. The van der Waals surface area contributed by atoms with Gasteiger partial charge in [0, 0.05) is 17.8 Å². The third kappa shape index (κ3) is 4.45. The Hall–Kier alpha value is -2.62. The molecule has 2 rings (SSSR count). The van der Waals surface area contributed by atoms with Gasteiger partial charge in [-0.15, -0.1) is 0 Å². The lowest BCUT2D eigenvalue weighted by atomic mass is 10.5. The highest BCUT2D eigenvalue weighted by molar-refractivity contribution is 7.99. The summed E-state index contributed by atoms with van der Waals surface area (Å²) in [5.41, 5.74) is -1.09. The Balaban J connectivity index is 2.00. The number of nitrogens with one attached hydrogen (secondary N) is 4. The molecule has 2 aromatic heterocycles. The second kappa shape index (κ2) is 6.22. The second-order valence-corrected chi connectivity index (χ2v) is 4.99. The minimum absolute atomic E-state index is 0.0000416. The minimum Gasteiger partial charge on any atom is -0.311 e. The topological polar surface area (TPSA) is 141 Å².